The molecular weight excluding hydrogens is 227 g/mol. The molecular formula is C15H23FN2. The molecule has 1 fully saturated rings. The molecule has 100 valence electrons. The van der Waals surface area contributed by atoms with Crippen molar-refractivity contribution in [3.8, 4) is 0 Å². The molecule has 2 rings (SSSR count). The highest BCUT2D eigenvalue weighted by atomic mass is 19.1. The summed E-state index contributed by atoms with van der Waals surface area (Å²) >= 11 is 0. The summed E-state index contributed by atoms with van der Waals surface area (Å²) in [5, 5.41) is 0. The van der Waals surface area contributed by atoms with E-state index >= 15 is 0 Å². The molecule has 0 amide bonds. The van der Waals surface area contributed by atoms with E-state index in [2.05, 4.69) is 18.7 Å². The first-order chi connectivity index (χ1) is 8.56. The van der Waals surface area contributed by atoms with Crippen LogP contribution in [0.1, 0.15) is 38.3 Å². The molecule has 1 saturated heterocycles. The minimum atomic E-state index is -0.205. The third-order valence-electron chi connectivity index (χ3n) is 3.98. The minimum Gasteiger partial charge on any atom is -0.323 e. The van der Waals surface area contributed by atoms with Crippen LogP contribution >= 0.6 is 0 Å². The normalized spacial score (nSPS) is 27.1. The first-order valence-corrected chi connectivity index (χ1v) is 6.81. The van der Waals surface area contributed by atoms with Crippen molar-refractivity contribution < 1.29 is 4.39 Å². The zero-order valence-corrected chi connectivity index (χ0v) is 11.3. The Hall–Kier alpha value is -0.930. The Kier molecular flexibility index (Phi) is 4.36. The lowest BCUT2D eigenvalue weighted by Gasteiger charge is -2.37. The first kappa shape index (κ1) is 13.5. The number of halogens is 1. The third-order valence-corrected chi connectivity index (χ3v) is 3.98. The van der Waals surface area contributed by atoms with Crippen LogP contribution in [0.2, 0.25) is 0 Å². The maximum absolute atomic E-state index is 13.2. The predicted molar refractivity (Wildman–Crippen MR) is 72.8 cm³/mol. The van der Waals surface area contributed by atoms with Crippen molar-refractivity contribution in [3.05, 3.63) is 35.6 Å². The zero-order chi connectivity index (χ0) is 13.1. The van der Waals surface area contributed by atoms with Crippen molar-refractivity contribution in [3.63, 3.8) is 0 Å². The molecule has 1 aliphatic rings. The van der Waals surface area contributed by atoms with Crippen molar-refractivity contribution in [1.29, 1.82) is 0 Å². The third kappa shape index (κ3) is 3.30. The van der Waals surface area contributed by atoms with Crippen LogP contribution in [0.3, 0.4) is 0 Å². The Morgan fingerprint density at radius 3 is 2.89 bits per heavy atom. The fraction of sp³-hybridized carbons (Fsp3) is 0.600. The van der Waals surface area contributed by atoms with Crippen LogP contribution in [0.15, 0.2) is 24.3 Å². The van der Waals surface area contributed by atoms with Gasteiger partial charge in [0.15, 0.2) is 0 Å². The molecule has 2 nitrogen and oxygen atoms in total. The molecule has 0 aromatic heterocycles. The van der Waals surface area contributed by atoms with Crippen LogP contribution < -0.4 is 5.73 Å². The Balaban J connectivity index is 1.97. The molecule has 1 aliphatic heterocycles. The molecule has 3 heteroatoms. The van der Waals surface area contributed by atoms with Gasteiger partial charge >= 0.3 is 0 Å². The number of piperidine rings is 1. The van der Waals surface area contributed by atoms with Crippen LogP contribution in [0.25, 0.3) is 0 Å². The summed E-state index contributed by atoms with van der Waals surface area (Å²) in [6.45, 7) is 6.48. The summed E-state index contributed by atoms with van der Waals surface area (Å²) in [6.07, 6.45) is 2.47. The minimum absolute atomic E-state index is 0.100. The van der Waals surface area contributed by atoms with Gasteiger partial charge in [0.25, 0.3) is 0 Å². The molecule has 1 heterocycles. The second-order valence-electron chi connectivity index (χ2n) is 5.64. The lowest BCUT2D eigenvalue weighted by Crippen LogP contribution is -2.43. The number of hydrogen-bond acceptors (Lipinski definition) is 2. The number of nitrogens with two attached hydrogens (primary N) is 1. The van der Waals surface area contributed by atoms with E-state index in [1.807, 2.05) is 6.07 Å². The Morgan fingerprint density at radius 1 is 1.44 bits per heavy atom. The van der Waals surface area contributed by atoms with Gasteiger partial charge in [-0.05, 0) is 49.9 Å². The van der Waals surface area contributed by atoms with E-state index < -0.39 is 0 Å². The molecule has 18 heavy (non-hydrogen) atoms. The number of hydrogen-bond donors (Lipinski definition) is 1. The highest BCUT2D eigenvalue weighted by molar-refractivity contribution is 5.20. The topological polar surface area (TPSA) is 29.3 Å². The summed E-state index contributed by atoms with van der Waals surface area (Å²) < 4.78 is 13.2. The summed E-state index contributed by atoms with van der Waals surface area (Å²) in [6, 6.07) is 7.12. The van der Waals surface area contributed by atoms with E-state index in [1.165, 1.54) is 18.9 Å². The second-order valence-corrected chi connectivity index (χ2v) is 5.64. The molecule has 3 atom stereocenters. The average Bonchev–Trinajstić information content (AvgIpc) is 2.32. The molecule has 0 saturated carbocycles. The van der Waals surface area contributed by atoms with Crippen molar-refractivity contribution in [2.45, 2.75) is 38.8 Å². The second kappa shape index (κ2) is 5.81. The lowest BCUT2D eigenvalue weighted by molar-refractivity contribution is 0.122. The average molecular weight is 250 g/mol. The van der Waals surface area contributed by atoms with Gasteiger partial charge in [-0.25, -0.2) is 4.39 Å². The Labute approximate surface area is 109 Å². The van der Waals surface area contributed by atoms with E-state index in [9.17, 15) is 4.39 Å². The highest BCUT2D eigenvalue weighted by Gasteiger charge is 2.24. The quantitative estimate of drug-likeness (QED) is 0.893. The summed E-state index contributed by atoms with van der Waals surface area (Å²) in [7, 11) is 0. The van der Waals surface area contributed by atoms with Gasteiger partial charge in [-0.2, -0.15) is 0 Å². The predicted octanol–water partition coefficient (Wildman–Crippen LogP) is 2.95. The molecule has 0 bridgehead atoms. The van der Waals surface area contributed by atoms with E-state index in [1.54, 1.807) is 12.1 Å². The Bertz CT molecular complexity index is 394. The summed E-state index contributed by atoms with van der Waals surface area (Å²) in [5.74, 6) is 0.602. The van der Waals surface area contributed by atoms with Crippen LogP contribution in [0.5, 0.6) is 0 Å². The van der Waals surface area contributed by atoms with Crippen molar-refractivity contribution >= 4 is 0 Å². The highest BCUT2D eigenvalue weighted by Crippen LogP contribution is 2.24. The van der Waals surface area contributed by atoms with E-state index in [0.717, 1.165) is 24.6 Å². The molecule has 2 N–H and O–H groups in total. The van der Waals surface area contributed by atoms with Crippen molar-refractivity contribution in [2.24, 2.45) is 11.7 Å². The number of rotatable bonds is 3. The monoisotopic (exact) mass is 250 g/mol. The smallest absolute Gasteiger partial charge is 0.123 e. The van der Waals surface area contributed by atoms with E-state index in [0.29, 0.717) is 6.04 Å². The molecule has 1 aromatic carbocycles. The lowest BCUT2D eigenvalue weighted by atomic mass is 9.92. The summed E-state index contributed by atoms with van der Waals surface area (Å²) in [4.78, 5) is 2.43. The van der Waals surface area contributed by atoms with Crippen LogP contribution in [-0.4, -0.2) is 24.0 Å². The van der Waals surface area contributed by atoms with Crippen molar-refractivity contribution in [2.75, 3.05) is 13.1 Å². The van der Waals surface area contributed by atoms with Crippen LogP contribution in [0, 0.1) is 11.7 Å². The van der Waals surface area contributed by atoms with Gasteiger partial charge in [-0.15, -0.1) is 0 Å². The molecule has 0 radical (unpaired) electrons. The van der Waals surface area contributed by atoms with Crippen LogP contribution in [0.4, 0.5) is 4.39 Å². The van der Waals surface area contributed by atoms with Gasteiger partial charge < -0.3 is 5.73 Å². The maximum atomic E-state index is 13.2. The largest absolute Gasteiger partial charge is 0.323 e. The molecule has 3 unspecified atom stereocenters. The van der Waals surface area contributed by atoms with Gasteiger partial charge in [0.2, 0.25) is 0 Å². The fourth-order valence-electron chi connectivity index (χ4n) is 2.82. The molecule has 0 spiro atoms. The molecule has 0 aliphatic carbocycles. The Morgan fingerprint density at radius 2 is 2.22 bits per heavy atom. The summed E-state index contributed by atoms with van der Waals surface area (Å²) in [5.41, 5.74) is 7.07. The standard InChI is InChI=1S/C15H23FN2/c1-11-6-7-18(12(2)8-11)10-15(17)13-4-3-5-14(16)9-13/h3-5,9,11-12,15H,6-8,10,17H2,1-2H3. The van der Waals surface area contributed by atoms with Crippen LogP contribution in [-0.2, 0) is 0 Å². The van der Waals surface area contributed by atoms with E-state index in [-0.39, 0.29) is 11.9 Å². The maximum Gasteiger partial charge on any atom is 0.123 e. The van der Waals surface area contributed by atoms with Gasteiger partial charge in [-0.1, -0.05) is 19.1 Å². The first-order valence-electron chi connectivity index (χ1n) is 6.81. The van der Waals surface area contributed by atoms with Crippen molar-refractivity contribution in [1.82, 2.24) is 4.90 Å². The van der Waals surface area contributed by atoms with Gasteiger partial charge in [0.05, 0.1) is 0 Å². The van der Waals surface area contributed by atoms with Gasteiger partial charge in [-0.3, -0.25) is 4.90 Å². The van der Waals surface area contributed by atoms with Gasteiger partial charge in [0.1, 0.15) is 5.82 Å². The van der Waals surface area contributed by atoms with Gasteiger partial charge in [0, 0.05) is 18.6 Å². The number of nitrogens with zero attached hydrogens (tertiary/aromatic N) is 1. The number of benzene rings is 1. The number of likely N-dealkylation sites (tertiary alicyclic amines) is 1. The SMILES string of the molecule is CC1CCN(CC(N)c2cccc(F)c2)C(C)C1. The van der Waals surface area contributed by atoms with E-state index in [4.69, 9.17) is 5.73 Å². The molecule has 1 aromatic rings. The fourth-order valence-corrected chi connectivity index (χ4v) is 2.82. The zero-order valence-electron chi connectivity index (χ0n) is 11.3.